The summed E-state index contributed by atoms with van der Waals surface area (Å²) in [4.78, 5) is 0. The monoisotopic (exact) mass is 439 g/mol. The van der Waals surface area contributed by atoms with Gasteiger partial charge in [0, 0.05) is 0 Å². The lowest BCUT2D eigenvalue weighted by Gasteiger charge is -2.29. The van der Waals surface area contributed by atoms with Gasteiger partial charge in [-0.1, -0.05) is 6.07 Å². The minimum absolute atomic E-state index is 0.0124. The second kappa shape index (κ2) is 8.91. The summed E-state index contributed by atoms with van der Waals surface area (Å²) in [6, 6.07) is 4.76. The summed E-state index contributed by atoms with van der Waals surface area (Å²) in [5.74, 6) is -0.532. The average molecular weight is 439 g/mol. The van der Waals surface area contributed by atoms with E-state index in [4.69, 9.17) is 10.5 Å². The van der Waals surface area contributed by atoms with Crippen molar-refractivity contribution in [3.8, 4) is 0 Å². The quantitative estimate of drug-likeness (QED) is 0.602. The van der Waals surface area contributed by atoms with Gasteiger partial charge in [-0.2, -0.15) is 26.3 Å². The van der Waals surface area contributed by atoms with E-state index in [1.807, 2.05) is 0 Å². The van der Waals surface area contributed by atoms with Crippen LogP contribution < -0.4 is 5.73 Å². The zero-order chi connectivity index (χ0) is 22.7. The molecule has 0 heterocycles. The zero-order valence-corrected chi connectivity index (χ0v) is 15.9. The smallest absolute Gasteiger partial charge is 0.383 e. The van der Waals surface area contributed by atoms with Gasteiger partial charge in [-0.3, -0.25) is 0 Å². The molecule has 1 atom stereocenters. The van der Waals surface area contributed by atoms with Gasteiger partial charge in [0.2, 0.25) is 0 Å². The van der Waals surface area contributed by atoms with Gasteiger partial charge >= 0.3 is 12.4 Å². The van der Waals surface area contributed by atoms with E-state index < -0.39 is 48.1 Å². The molecule has 0 radical (unpaired) electrons. The number of hydrogen-bond acceptors (Lipinski definition) is 3. The number of ether oxygens (including phenoxy) is 1. The fourth-order valence-electron chi connectivity index (χ4n) is 3.11. The van der Waals surface area contributed by atoms with Crippen LogP contribution in [-0.4, -0.2) is 18.3 Å². The molecule has 0 saturated heterocycles. The van der Waals surface area contributed by atoms with Crippen LogP contribution in [0.5, 0.6) is 0 Å². The number of benzene rings is 2. The highest BCUT2D eigenvalue weighted by Gasteiger charge is 2.37. The van der Waals surface area contributed by atoms with Crippen molar-refractivity contribution in [2.24, 2.45) is 5.73 Å². The Morgan fingerprint density at radius 3 is 1.97 bits per heavy atom. The van der Waals surface area contributed by atoms with Gasteiger partial charge in [0.1, 0.15) is 11.4 Å². The van der Waals surface area contributed by atoms with Gasteiger partial charge in [0.25, 0.3) is 0 Å². The van der Waals surface area contributed by atoms with Crippen molar-refractivity contribution in [2.45, 2.75) is 37.9 Å². The third kappa shape index (κ3) is 5.93. The van der Waals surface area contributed by atoms with Gasteiger partial charge in [0.15, 0.2) is 0 Å². The lowest BCUT2D eigenvalue weighted by atomic mass is 9.88. The van der Waals surface area contributed by atoms with Crippen LogP contribution in [0.25, 0.3) is 0 Å². The molecule has 2 rings (SSSR count). The molecule has 3 N–H and O–H groups in total. The van der Waals surface area contributed by atoms with Crippen LogP contribution in [0.3, 0.4) is 0 Å². The van der Waals surface area contributed by atoms with Crippen LogP contribution in [0.2, 0.25) is 0 Å². The van der Waals surface area contributed by atoms with Gasteiger partial charge in [-0.15, -0.1) is 0 Å². The molecule has 0 amide bonds. The van der Waals surface area contributed by atoms with Crippen LogP contribution in [-0.2, 0) is 29.3 Å². The number of nitrogens with two attached hydrogens (primary N) is 1. The lowest BCUT2D eigenvalue weighted by Crippen LogP contribution is -2.35. The van der Waals surface area contributed by atoms with E-state index >= 15 is 0 Å². The standard InChI is InChI=1S/C20H20F7NO2/c1-12-6-16(21)2-3-17(12)18(29,4-5-28)11-30-10-13-7-14(19(22,23)24)9-15(8-13)20(25,26)27/h2-3,6-9,29H,4-5,10-11,28H2,1H3. The van der Waals surface area contributed by atoms with Crippen molar-refractivity contribution in [3.05, 3.63) is 70.0 Å². The van der Waals surface area contributed by atoms with Crippen molar-refractivity contribution >= 4 is 0 Å². The third-order valence-electron chi connectivity index (χ3n) is 4.50. The first-order valence-electron chi connectivity index (χ1n) is 8.81. The summed E-state index contributed by atoms with van der Waals surface area (Å²) in [5, 5.41) is 10.9. The van der Waals surface area contributed by atoms with Crippen molar-refractivity contribution in [2.75, 3.05) is 13.2 Å². The second-order valence-electron chi connectivity index (χ2n) is 6.94. The van der Waals surface area contributed by atoms with Gasteiger partial charge in [0.05, 0.1) is 24.3 Å². The lowest BCUT2D eigenvalue weighted by molar-refractivity contribution is -0.143. The van der Waals surface area contributed by atoms with Crippen molar-refractivity contribution in [1.29, 1.82) is 0 Å². The molecule has 1 unspecified atom stereocenters. The summed E-state index contributed by atoms with van der Waals surface area (Å²) in [7, 11) is 0. The van der Waals surface area contributed by atoms with Crippen LogP contribution in [0.15, 0.2) is 36.4 Å². The summed E-state index contributed by atoms with van der Waals surface area (Å²) >= 11 is 0. The van der Waals surface area contributed by atoms with Crippen LogP contribution in [0, 0.1) is 12.7 Å². The van der Waals surface area contributed by atoms with Gasteiger partial charge in [-0.25, -0.2) is 4.39 Å². The maximum absolute atomic E-state index is 13.3. The Labute approximate surface area is 168 Å². The summed E-state index contributed by atoms with van der Waals surface area (Å²) in [5.41, 5.74) is 1.24. The molecule has 0 aromatic heterocycles. The van der Waals surface area contributed by atoms with Crippen molar-refractivity contribution < 1.29 is 40.6 Å². The van der Waals surface area contributed by atoms with Crippen molar-refractivity contribution in [1.82, 2.24) is 0 Å². The molecule has 0 aliphatic rings. The predicted octanol–water partition coefficient (Wildman–Crippen LogP) is 4.92. The summed E-state index contributed by atoms with van der Waals surface area (Å²) in [6.07, 6.45) is -9.96. The van der Waals surface area contributed by atoms with E-state index in [0.29, 0.717) is 23.3 Å². The van der Waals surface area contributed by atoms with Crippen LogP contribution in [0.4, 0.5) is 30.7 Å². The highest BCUT2D eigenvalue weighted by molar-refractivity contribution is 5.34. The van der Waals surface area contributed by atoms with Gasteiger partial charge in [-0.05, 0) is 66.9 Å². The molecule has 3 nitrogen and oxygen atoms in total. The van der Waals surface area contributed by atoms with E-state index in [-0.39, 0.29) is 24.6 Å². The fraction of sp³-hybridized carbons (Fsp3) is 0.400. The van der Waals surface area contributed by atoms with E-state index in [1.165, 1.54) is 12.1 Å². The normalized spacial score (nSPS) is 14.6. The Hall–Kier alpha value is -2.17. The Kier molecular flexibility index (Phi) is 7.16. The van der Waals surface area contributed by atoms with Gasteiger partial charge < -0.3 is 15.6 Å². The molecule has 166 valence electrons. The summed E-state index contributed by atoms with van der Waals surface area (Å²) < 4.78 is 96.3. The second-order valence-corrected chi connectivity index (χ2v) is 6.94. The number of alkyl halides is 6. The van der Waals surface area contributed by atoms with Crippen molar-refractivity contribution in [3.63, 3.8) is 0 Å². The minimum atomic E-state index is -4.97. The number of halogens is 7. The number of aryl methyl sites for hydroxylation is 1. The largest absolute Gasteiger partial charge is 0.416 e. The maximum Gasteiger partial charge on any atom is 0.416 e. The molecule has 0 aliphatic heterocycles. The Morgan fingerprint density at radius 1 is 0.933 bits per heavy atom. The number of aliphatic hydroxyl groups is 1. The molecule has 0 saturated carbocycles. The molecule has 2 aromatic carbocycles. The van der Waals surface area contributed by atoms with E-state index in [1.54, 1.807) is 6.92 Å². The fourth-order valence-corrected chi connectivity index (χ4v) is 3.11. The van der Waals surface area contributed by atoms with E-state index in [9.17, 15) is 35.8 Å². The first-order chi connectivity index (χ1) is 13.8. The number of rotatable bonds is 7. The highest BCUT2D eigenvalue weighted by atomic mass is 19.4. The molecule has 0 bridgehead atoms. The molecule has 0 spiro atoms. The third-order valence-corrected chi connectivity index (χ3v) is 4.50. The Morgan fingerprint density at radius 2 is 1.50 bits per heavy atom. The zero-order valence-electron chi connectivity index (χ0n) is 15.9. The molecule has 0 aliphatic carbocycles. The van der Waals surface area contributed by atoms with Crippen LogP contribution in [0.1, 0.15) is 34.2 Å². The SMILES string of the molecule is Cc1cc(F)ccc1C(O)(CCN)COCc1cc(C(F)(F)F)cc(C(F)(F)F)c1. The number of hydrogen-bond donors (Lipinski definition) is 2. The molecule has 0 fully saturated rings. The maximum atomic E-state index is 13.3. The average Bonchev–Trinajstić information content (AvgIpc) is 2.60. The molecular weight excluding hydrogens is 419 g/mol. The molecule has 10 heteroatoms. The van der Waals surface area contributed by atoms with Crippen LogP contribution >= 0.6 is 0 Å². The summed E-state index contributed by atoms with van der Waals surface area (Å²) in [6.45, 7) is 0.481. The molecule has 30 heavy (non-hydrogen) atoms. The topological polar surface area (TPSA) is 55.5 Å². The first kappa shape index (κ1) is 24.1. The Bertz CT molecular complexity index is 848. The molecule has 2 aromatic rings. The molecular formula is C20H20F7NO2. The minimum Gasteiger partial charge on any atom is -0.383 e. The predicted molar refractivity (Wildman–Crippen MR) is 94.8 cm³/mol. The first-order valence-corrected chi connectivity index (χ1v) is 8.81. The highest BCUT2D eigenvalue weighted by Crippen LogP contribution is 2.36. The Balaban J connectivity index is 2.26. The van der Waals surface area contributed by atoms with E-state index in [2.05, 4.69) is 0 Å². The van der Waals surface area contributed by atoms with E-state index in [0.717, 1.165) is 6.07 Å².